The van der Waals surface area contributed by atoms with Gasteiger partial charge in [-0.1, -0.05) is 30.0 Å². The second-order valence-electron chi connectivity index (χ2n) is 8.79. The van der Waals surface area contributed by atoms with Crippen molar-refractivity contribution in [1.82, 2.24) is 14.9 Å². The number of carbonyl (C=O) groups excluding carboxylic acids is 1. The third kappa shape index (κ3) is 5.45. The van der Waals surface area contributed by atoms with Gasteiger partial charge in [-0.25, -0.2) is 9.97 Å². The molecule has 2 saturated heterocycles. The Bertz CT molecular complexity index is 1110. The number of para-hydroxylation sites is 1. The van der Waals surface area contributed by atoms with E-state index in [2.05, 4.69) is 4.98 Å². The third-order valence-electron chi connectivity index (χ3n) is 6.26. The Morgan fingerprint density at radius 3 is 2.88 bits per heavy atom. The van der Waals surface area contributed by atoms with Crippen LogP contribution in [0.15, 0.2) is 58.2 Å². The first-order valence-electron chi connectivity index (χ1n) is 11.9. The van der Waals surface area contributed by atoms with Gasteiger partial charge in [0, 0.05) is 43.6 Å². The van der Waals surface area contributed by atoms with Gasteiger partial charge in [-0.2, -0.15) is 0 Å². The van der Waals surface area contributed by atoms with Crippen molar-refractivity contribution in [3.63, 3.8) is 0 Å². The highest BCUT2D eigenvalue weighted by molar-refractivity contribution is 7.99. The topological polar surface area (TPSA) is 77.7 Å². The van der Waals surface area contributed by atoms with Crippen LogP contribution in [0.2, 0.25) is 0 Å². The summed E-state index contributed by atoms with van der Waals surface area (Å²) in [6, 6.07) is 12.8. The van der Waals surface area contributed by atoms with E-state index in [-0.39, 0.29) is 11.8 Å². The molecule has 34 heavy (non-hydrogen) atoms. The molecule has 0 bridgehead atoms. The molecule has 0 aliphatic carbocycles. The van der Waals surface area contributed by atoms with Crippen molar-refractivity contribution in [3.8, 4) is 11.7 Å². The number of piperidine rings is 1. The van der Waals surface area contributed by atoms with Crippen LogP contribution in [0.25, 0.3) is 0 Å². The molecule has 0 radical (unpaired) electrons. The van der Waals surface area contributed by atoms with Crippen LogP contribution in [0.1, 0.15) is 53.4 Å². The minimum Gasteiger partial charge on any atom is -0.426 e. The van der Waals surface area contributed by atoms with Gasteiger partial charge in [-0.3, -0.25) is 4.79 Å². The molecule has 2 aliphatic rings. The van der Waals surface area contributed by atoms with Gasteiger partial charge in [0.2, 0.25) is 0 Å². The number of hydrogen-bond acceptors (Lipinski definition) is 7. The van der Waals surface area contributed by atoms with E-state index in [1.165, 1.54) is 0 Å². The van der Waals surface area contributed by atoms with E-state index in [1.807, 2.05) is 48.4 Å². The lowest BCUT2D eigenvalue weighted by atomic mass is 9.92. The SMILES string of the molecule is Cc1cnc(SC[C@H]2CCCO2)nc1[C@@H]1CCCN(C(=O)c2ccc(Oc3ccccc3)o2)C1. The maximum Gasteiger partial charge on any atom is 0.290 e. The molecule has 2 fully saturated rings. The van der Waals surface area contributed by atoms with Gasteiger partial charge in [-0.15, -0.1) is 0 Å². The summed E-state index contributed by atoms with van der Waals surface area (Å²) in [5.41, 5.74) is 2.10. The Kier molecular flexibility index (Phi) is 7.16. The molecule has 1 aromatic carbocycles. The molecule has 5 rings (SSSR count). The minimum atomic E-state index is -0.118. The second-order valence-corrected chi connectivity index (χ2v) is 9.78. The molecule has 0 saturated carbocycles. The number of hydrogen-bond donors (Lipinski definition) is 0. The van der Waals surface area contributed by atoms with Crippen molar-refractivity contribution >= 4 is 17.7 Å². The summed E-state index contributed by atoms with van der Waals surface area (Å²) in [6.07, 6.45) is 6.36. The standard InChI is InChI=1S/C26H29N3O4S/c1-18-15-27-26(34-17-21-10-6-14-31-21)28-24(18)19-7-5-13-29(16-19)25(30)22-11-12-23(33-22)32-20-8-3-2-4-9-20/h2-4,8-9,11-12,15,19,21H,5-7,10,13-14,16-17H2,1H3/t19-,21-/m1/s1. The molecular weight excluding hydrogens is 450 g/mol. The largest absolute Gasteiger partial charge is 0.426 e. The zero-order chi connectivity index (χ0) is 23.3. The van der Waals surface area contributed by atoms with E-state index in [4.69, 9.17) is 18.9 Å². The summed E-state index contributed by atoms with van der Waals surface area (Å²) in [4.78, 5) is 24.4. The molecular formula is C26H29N3O4S. The van der Waals surface area contributed by atoms with Gasteiger partial charge in [0.05, 0.1) is 11.8 Å². The highest BCUT2D eigenvalue weighted by Gasteiger charge is 2.29. The predicted molar refractivity (Wildman–Crippen MR) is 130 cm³/mol. The van der Waals surface area contributed by atoms with Crippen molar-refractivity contribution in [2.24, 2.45) is 0 Å². The maximum atomic E-state index is 13.2. The highest BCUT2D eigenvalue weighted by Crippen LogP contribution is 2.31. The molecule has 2 aromatic heterocycles. The monoisotopic (exact) mass is 479 g/mol. The van der Waals surface area contributed by atoms with E-state index in [0.29, 0.717) is 36.6 Å². The van der Waals surface area contributed by atoms with Gasteiger partial charge in [0.1, 0.15) is 5.75 Å². The van der Waals surface area contributed by atoms with E-state index in [1.54, 1.807) is 23.9 Å². The van der Waals surface area contributed by atoms with Crippen molar-refractivity contribution in [1.29, 1.82) is 0 Å². The van der Waals surface area contributed by atoms with Crippen LogP contribution in [-0.4, -0.2) is 52.3 Å². The average molecular weight is 480 g/mol. The summed E-state index contributed by atoms with van der Waals surface area (Å²) in [6.45, 7) is 4.22. The molecule has 8 heteroatoms. The van der Waals surface area contributed by atoms with Crippen LogP contribution >= 0.6 is 11.8 Å². The van der Waals surface area contributed by atoms with Crippen LogP contribution in [0.4, 0.5) is 0 Å². The van der Waals surface area contributed by atoms with E-state index < -0.39 is 0 Å². The predicted octanol–water partition coefficient (Wildman–Crippen LogP) is 5.46. The van der Waals surface area contributed by atoms with Crippen molar-refractivity contribution in [2.45, 2.75) is 49.8 Å². The van der Waals surface area contributed by atoms with Gasteiger partial charge in [-0.05, 0) is 56.4 Å². The lowest BCUT2D eigenvalue weighted by molar-refractivity contribution is 0.0668. The molecule has 0 N–H and O–H groups in total. The summed E-state index contributed by atoms with van der Waals surface area (Å²) >= 11 is 1.66. The van der Waals surface area contributed by atoms with Crippen LogP contribution in [0.3, 0.4) is 0 Å². The number of rotatable bonds is 7. The molecule has 0 unspecified atom stereocenters. The van der Waals surface area contributed by atoms with Crippen molar-refractivity contribution in [3.05, 3.63) is 65.7 Å². The Morgan fingerprint density at radius 1 is 1.18 bits per heavy atom. The van der Waals surface area contributed by atoms with Crippen LogP contribution in [0, 0.1) is 6.92 Å². The van der Waals surface area contributed by atoms with E-state index in [0.717, 1.165) is 54.5 Å². The number of ether oxygens (including phenoxy) is 2. The number of furan rings is 1. The molecule has 178 valence electrons. The molecule has 7 nitrogen and oxygen atoms in total. The number of carbonyl (C=O) groups is 1. The number of nitrogens with zero attached hydrogens (tertiary/aromatic N) is 3. The van der Waals surface area contributed by atoms with E-state index in [9.17, 15) is 4.79 Å². The van der Waals surface area contributed by atoms with Crippen LogP contribution < -0.4 is 4.74 Å². The summed E-state index contributed by atoms with van der Waals surface area (Å²) in [5, 5.41) is 0.785. The van der Waals surface area contributed by atoms with Gasteiger partial charge < -0.3 is 18.8 Å². The quantitative estimate of drug-likeness (QED) is 0.329. The molecule has 1 amide bonds. The Morgan fingerprint density at radius 2 is 2.06 bits per heavy atom. The smallest absolute Gasteiger partial charge is 0.290 e. The highest BCUT2D eigenvalue weighted by atomic mass is 32.2. The minimum absolute atomic E-state index is 0.118. The zero-order valence-corrected chi connectivity index (χ0v) is 20.1. The van der Waals surface area contributed by atoms with Crippen molar-refractivity contribution < 1.29 is 18.7 Å². The molecule has 2 aliphatic heterocycles. The van der Waals surface area contributed by atoms with Gasteiger partial charge in [0.15, 0.2) is 10.9 Å². The normalized spacial score (nSPS) is 20.4. The van der Waals surface area contributed by atoms with Crippen LogP contribution in [-0.2, 0) is 4.74 Å². The summed E-state index contributed by atoms with van der Waals surface area (Å²) in [7, 11) is 0. The molecule has 0 spiro atoms. The fraction of sp³-hybridized carbons (Fsp3) is 0.423. The lowest BCUT2D eigenvalue weighted by Gasteiger charge is -2.32. The summed E-state index contributed by atoms with van der Waals surface area (Å²) < 4.78 is 17.1. The third-order valence-corrected chi connectivity index (χ3v) is 7.25. The number of likely N-dealkylation sites (tertiary alicyclic amines) is 1. The summed E-state index contributed by atoms with van der Waals surface area (Å²) in [5.74, 6) is 2.21. The zero-order valence-electron chi connectivity index (χ0n) is 19.3. The first-order valence-corrected chi connectivity index (χ1v) is 12.8. The fourth-order valence-corrected chi connectivity index (χ4v) is 5.39. The number of amides is 1. The second kappa shape index (κ2) is 10.6. The average Bonchev–Trinajstić information content (AvgIpc) is 3.56. The van der Waals surface area contributed by atoms with Crippen LogP contribution in [0.5, 0.6) is 11.7 Å². The molecule has 2 atom stereocenters. The number of thioether (sulfide) groups is 1. The lowest BCUT2D eigenvalue weighted by Crippen LogP contribution is -2.39. The molecule has 4 heterocycles. The number of aromatic nitrogens is 2. The first kappa shape index (κ1) is 22.9. The number of aryl methyl sites for hydroxylation is 1. The maximum absolute atomic E-state index is 13.2. The fourth-order valence-electron chi connectivity index (χ4n) is 4.50. The van der Waals surface area contributed by atoms with Gasteiger partial charge >= 0.3 is 0 Å². The molecule has 3 aromatic rings. The Labute approximate surface area is 203 Å². The first-order chi connectivity index (χ1) is 16.7. The number of benzene rings is 1. The Hall–Kier alpha value is -2.84. The van der Waals surface area contributed by atoms with Gasteiger partial charge in [0.25, 0.3) is 11.9 Å². The Balaban J connectivity index is 1.24. The van der Waals surface area contributed by atoms with Crippen molar-refractivity contribution in [2.75, 3.05) is 25.4 Å². The van der Waals surface area contributed by atoms with E-state index >= 15 is 0 Å².